The normalized spacial score (nSPS) is 28.1. The number of aliphatic hydroxyl groups excluding tert-OH is 1. The summed E-state index contributed by atoms with van der Waals surface area (Å²) in [5, 5.41) is 59.0. The molecule has 4 bridgehead atoms. The number of esters is 2. The first kappa shape index (κ1) is 25.2. The van der Waals surface area contributed by atoms with Gasteiger partial charge in [0.25, 0.3) is 0 Å². The molecule has 198 valence electrons. The Hall–Kier alpha value is -4.51. The van der Waals surface area contributed by atoms with E-state index in [0.717, 1.165) is 6.08 Å². The molecule has 1 aliphatic heterocycles. The van der Waals surface area contributed by atoms with Crippen LogP contribution in [-0.2, 0) is 30.3 Å². The predicted octanol–water partition coefficient (Wildman–Crippen LogP) is 1.48. The van der Waals surface area contributed by atoms with Crippen molar-refractivity contribution in [2.45, 2.75) is 30.7 Å². The number of allylic oxidation sites excluding steroid dienone is 1. The lowest BCUT2D eigenvalue weighted by atomic mass is 9.56. The summed E-state index contributed by atoms with van der Waals surface area (Å²) in [4.78, 5) is 36.9. The summed E-state index contributed by atoms with van der Waals surface area (Å²) < 4.78 is 10.5. The summed E-state index contributed by atoms with van der Waals surface area (Å²) in [5.41, 5.74) is 1.41. The van der Waals surface area contributed by atoms with Gasteiger partial charge in [-0.1, -0.05) is 24.3 Å². The molecule has 11 nitrogen and oxygen atoms in total. The molecule has 0 spiro atoms. The van der Waals surface area contributed by atoms with Gasteiger partial charge < -0.3 is 40.1 Å². The zero-order valence-electron chi connectivity index (χ0n) is 19.7. The average molecular weight is 524 g/mol. The molecule has 38 heavy (non-hydrogen) atoms. The van der Waals surface area contributed by atoms with E-state index < -0.39 is 65.6 Å². The van der Waals surface area contributed by atoms with Crippen molar-refractivity contribution >= 4 is 17.9 Å². The minimum absolute atomic E-state index is 0.254. The number of hydrogen-bond acceptors (Lipinski definition) is 10. The van der Waals surface area contributed by atoms with Crippen LogP contribution < -0.4 is 0 Å². The van der Waals surface area contributed by atoms with Gasteiger partial charge in [0.05, 0.1) is 12.0 Å². The van der Waals surface area contributed by atoms with Crippen molar-refractivity contribution in [3.63, 3.8) is 0 Å². The van der Waals surface area contributed by atoms with Crippen LogP contribution in [0.25, 0.3) is 0 Å². The van der Waals surface area contributed by atoms with Crippen LogP contribution in [0.5, 0.6) is 23.0 Å². The summed E-state index contributed by atoms with van der Waals surface area (Å²) in [6.45, 7) is 0. The van der Waals surface area contributed by atoms with Crippen molar-refractivity contribution in [1.29, 1.82) is 0 Å². The van der Waals surface area contributed by atoms with Gasteiger partial charge in [-0.2, -0.15) is 0 Å². The van der Waals surface area contributed by atoms with E-state index in [-0.39, 0.29) is 23.7 Å². The van der Waals surface area contributed by atoms with Gasteiger partial charge in [-0.05, 0) is 41.0 Å². The molecule has 5 unspecified atom stereocenters. The number of benzene rings is 2. The SMILES string of the molecule is O=C(/C=C/C1=C[C@H]2C(O)C3OC(=O)C(C2c2ccc(O)c(O)c2)[C@H]13)OC(Cc1ccc(O)c(O)c1)C(=O)O. The van der Waals surface area contributed by atoms with E-state index in [1.807, 2.05) is 0 Å². The Labute approximate surface area is 215 Å². The van der Waals surface area contributed by atoms with Crippen LogP contribution >= 0.6 is 0 Å². The standard InChI is InChI=1S/C27H24O11/c28-15-4-1-11(7-17(15)30)8-19(26(34)35)37-20(32)6-3-12-9-14-21(13-2-5-16(29)18(31)10-13)23-22(12)25(24(14)33)38-27(23)36/h1-7,9-10,14,19,21-25,28-31,33H,8H2,(H,34,35)/b6-3+/t14-,19?,21?,22+,23?,24?,25?/m1/s1. The maximum atomic E-state index is 12.8. The molecule has 0 aromatic heterocycles. The lowest BCUT2D eigenvalue weighted by Gasteiger charge is -2.46. The molecule has 2 aromatic rings. The molecule has 0 radical (unpaired) electrons. The number of phenols is 4. The van der Waals surface area contributed by atoms with E-state index in [2.05, 4.69) is 0 Å². The van der Waals surface area contributed by atoms with Crippen molar-refractivity contribution < 1.29 is 54.5 Å². The predicted molar refractivity (Wildman–Crippen MR) is 127 cm³/mol. The van der Waals surface area contributed by atoms with Gasteiger partial charge in [-0.3, -0.25) is 4.79 Å². The second kappa shape index (κ2) is 9.42. The fraction of sp³-hybridized carbons (Fsp3) is 0.296. The maximum Gasteiger partial charge on any atom is 0.345 e. The lowest BCUT2D eigenvalue weighted by Crippen LogP contribution is -2.51. The largest absolute Gasteiger partial charge is 0.504 e. The Morgan fingerprint density at radius 1 is 0.947 bits per heavy atom. The zero-order chi connectivity index (χ0) is 27.3. The Morgan fingerprint density at radius 3 is 2.29 bits per heavy atom. The molecule has 7 atom stereocenters. The summed E-state index contributed by atoms with van der Waals surface area (Å²) in [7, 11) is 0. The molecule has 0 amide bonds. The van der Waals surface area contributed by atoms with Crippen molar-refractivity contribution in [3.05, 3.63) is 71.3 Å². The fourth-order valence-electron chi connectivity index (χ4n) is 5.67. The van der Waals surface area contributed by atoms with E-state index in [0.29, 0.717) is 16.7 Å². The molecule has 6 rings (SSSR count). The van der Waals surface area contributed by atoms with Gasteiger partial charge in [0.15, 0.2) is 23.0 Å². The molecule has 2 aromatic carbocycles. The second-order valence-electron chi connectivity index (χ2n) is 9.59. The smallest absolute Gasteiger partial charge is 0.345 e. The average Bonchev–Trinajstić information content (AvgIpc) is 3.18. The maximum absolute atomic E-state index is 12.8. The quantitative estimate of drug-likeness (QED) is 0.175. The molecule has 1 saturated heterocycles. The van der Waals surface area contributed by atoms with Crippen LogP contribution in [0.1, 0.15) is 17.0 Å². The summed E-state index contributed by atoms with van der Waals surface area (Å²) in [5.74, 6) is -6.79. The lowest BCUT2D eigenvalue weighted by molar-refractivity contribution is -0.160. The number of rotatable bonds is 7. The van der Waals surface area contributed by atoms with Crippen LogP contribution in [0.2, 0.25) is 0 Å². The van der Waals surface area contributed by atoms with E-state index in [9.17, 15) is 45.0 Å². The second-order valence-corrected chi connectivity index (χ2v) is 9.59. The van der Waals surface area contributed by atoms with Crippen LogP contribution in [0.15, 0.2) is 60.2 Å². The van der Waals surface area contributed by atoms with E-state index in [1.165, 1.54) is 36.4 Å². The minimum atomic E-state index is -1.57. The van der Waals surface area contributed by atoms with Crippen LogP contribution in [0.4, 0.5) is 0 Å². The van der Waals surface area contributed by atoms with E-state index in [4.69, 9.17) is 9.47 Å². The van der Waals surface area contributed by atoms with Gasteiger partial charge in [0.1, 0.15) is 6.10 Å². The highest BCUT2D eigenvalue weighted by Gasteiger charge is 2.63. The van der Waals surface area contributed by atoms with Gasteiger partial charge in [-0.25, -0.2) is 9.59 Å². The van der Waals surface area contributed by atoms with Gasteiger partial charge in [0, 0.05) is 30.3 Å². The van der Waals surface area contributed by atoms with Crippen molar-refractivity contribution in [1.82, 2.24) is 0 Å². The Balaban J connectivity index is 1.35. The number of aromatic hydroxyl groups is 4. The highest BCUT2D eigenvalue weighted by atomic mass is 16.6. The first-order valence-corrected chi connectivity index (χ1v) is 11.8. The summed E-state index contributed by atoms with van der Waals surface area (Å²) in [6.07, 6.45) is 0.493. The number of carboxylic acids is 1. The van der Waals surface area contributed by atoms with Crippen LogP contribution in [0.3, 0.4) is 0 Å². The third kappa shape index (κ3) is 4.30. The van der Waals surface area contributed by atoms with Gasteiger partial charge in [0.2, 0.25) is 6.10 Å². The molecule has 3 aliphatic carbocycles. The number of aliphatic hydroxyl groups is 1. The Bertz CT molecular complexity index is 1380. The number of phenolic OH excluding ortho intramolecular Hbond substituents is 4. The molecule has 11 heteroatoms. The van der Waals surface area contributed by atoms with Gasteiger partial charge >= 0.3 is 17.9 Å². The molecule has 4 aliphatic rings. The van der Waals surface area contributed by atoms with Crippen molar-refractivity contribution in [2.24, 2.45) is 17.8 Å². The number of carbonyl (C=O) groups is 3. The number of carbonyl (C=O) groups excluding carboxylic acids is 2. The minimum Gasteiger partial charge on any atom is -0.504 e. The van der Waals surface area contributed by atoms with Crippen LogP contribution in [0, 0.1) is 17.8 Å². The molecular weight excluding hydrogens is 500 g/mol. The van der Waals surface area contributed by atoms with E-state index >= 15 is 0 Å². The van der Waals surface area contributed by atoms with Gasteiger partial charge in [-0.15, -0.1) is 0 Å². The first-order chi connectivity index (χ1) is 18.0. The number of hydrogen-bond donors (Lipinski definition) is 6. The van der Waals surface area contributed by atoms with Crippen molar-refractivity contribution in [3.8, 4) is 23.0 Å². The Kier molecular flexibility index (Phi) is 6.23. The van der Waals surface area contributed by atoms with Crippen LogP contribution in [-0.4, -0.2) is 66.9 Å². The highest BCUT2D eigenvalue weighted by molar-refractivity contribution is 5.86. The monoisotopic (exact) mass is 524 g/mol. The Morgan fingerprint density at radius 2 is 1.63 bits per heavy atom. The summed E-state index contributed by atoms with van der Waals surface area (Å²) >= 11 is 0. The van der Waals surface area contributed by atoms with E-state index in [1.54, 1.807) is 12.1 Å². The topological polar surface area (TPSA) is 191 Å². The zero-order valence-corrected chi connectivity index (χ0v) is 19.7. The first-order valence-electron chi connectivity index (χ1n) is 11.8. The molecule has 2 fully saturated rings. The number of ether oxygens (including phenoxy) is 2. The molecule has 1 saturated carbocycles. The molecular formula is C27H24O11. The third-order valence-electron chi connectivity index (χ3n) is 7.36. The fourth-order valence-corrected chi connectivity index (χ4v) is 5.67. The summed E-state index contributed by atoms with van der Waals surface area (Å²) in [6, 6.07) is 7.95. The third-order valence-corrected chi connectivity index (χ3v) is 7.36. The number of aliphatic carboxylic acids is 1. The molecule has 6 N–H and O–H groups in total. The molecule has 1 heterocycles. The van der Waals surface area contributed by atoms with Crippen molar-refractivity contribution in [2.75, 3.05) is 0 Å². The highest BCUT2D eigenvalue weighted by Crippen LogP contribution is 2.58. The number of carboxylic acid groups (broad SMARTS) is 1.